The summed E-state index contributed by atoms with van der Waals surface area (Å²) in [5.41, 5.74) is 7.39. The molecule has 45 heavy (non-hydrogen) atoms. The van der Waals surface area contributed by atoms with Gasteiger partial charge in [0.15, 0.2) is 0 Å². The summed E-state index contributed by atoms with van der Waals surface area (Å²) in [7, 11) is -3.83. The maximum absolute atomic E-state index is 13.7. The number of amides is 2. The van der Waals surface area contributed by atoms with Crippen LogP contribution in [0.5, 0.6) is 0 Å². The summed E-state index contributed by atoms with van der Waals surface area (Å²) in [6, 6.07) is -0.830. The number of aliphatic imine (C=N–C) groups is 1. The van der Waals surface area contributed by atoms with Gasteiger partial charge in [-0.2, -0.15) is 0 Å². The van der Waals surface area contributed by atoms with Crippen molar-refractivity contribution in [3.05, 3.63) is 4.91 Å². The molecule has 0 radical (unpaired) electrons. The molecule has 0 aromatic heterocycles. The lowest BCUT2D eigenvalue weighted by Crippen LogP contribution is -2.65. The van der Waals surface area contributed by atoms with Gasteiger partial charge in [0, 0.05) is 19.5 Å². The van der Waals surface area contributed by atoms with Crippen molar-refractivity contribution in [3.63, 3.8) is 0 Å². The molecule has 0 aromatic rings. The largest absolute Gasteiger partial charge is 0.481 e. The minimum Gasteiger partial charge on any atom is -0.404 e. The number of hydrogen-bond donors (Lipinski definition) is 5. The van der Waals surface area contributed by atoms with Gasteiger partial charge in [0.05, 0.1) is 28.7 Å². The van der Waals surface area contributed by atoms with Gasteiger partial charge in [-0.1, -0.05) is 34.1 Å². The van der Waals surface area contributed by atoms with Gasteiger partial charge < -0.3 is 25.7 Å². The number of hydrogen-bond acceptors (Lipinski definition) is 9. The van der Waals surface area contributed by atoms with E-state index >= 15 is 0 Å². The average molecular weight is 656 g/mol. The number of carbonyl (C=O) groups is 2. The zero-order valence-corrected chi connectivity index (χ0v) is 28.6. The second-order valence-corrected chi connectivity index (χ2v) is 16.0. The molecule has 14 nitrogen and oxygen atoms in total. The average Bonchev–Trinajstić information content (AvgIpc) is 3.33. The normalized spacial score (nSPS) is 26.9. The van der Waals surface area contributed by atoms with Crippen LogP contribution in [0.25, 0.3) is 0 Å². The van der Waals surface area contributed by atoms with E-state index in [1.807, 2.05) is 5.43 Å². The van der Waals surface area contributed by atoms with Crippen LogP contribution in [0.1, 0.15) is 99.3 Å². The van der Waals surface area contributed by atoms with Gasteiger partial charge in [-0.15, -0.1) is 4.91 Å². The molecule has 6 N–H and O–H groups in total. The Morgan fingerprint density at radius 1 is 1.09 bits per heavy atom. The van der Waals surface area contributed by atoms with Gasteiger partial charge in [0.25, 0.3) is 0 Å². The van der Waals surface area contributed by atoms with Crippen LogP contribution in [-0.4, -0.2) is 75.8 Å². The van der Waals surface area contributed by atoms with E-state index in [9.17, 15) is 22.9 Å². The summed E-state index contributed by atoms with van der Waals surface area (Å²) < 4.78 is 38.9. The second-order valence-electron chi connectivity index (χ2n) is 13.9. The van der Waals surface area contributed by atoms with Crippen molar-refractivity contribution < 1.29 is 27.3 Å². The third-order valence-corrected chi connectivity index (χ3v) is 11.3. The zero-order chi connectivity index (χ0) is 33.4. The molecule has 0 aromatic carbocycles. The van der Waals surface area contributed by atoms with E-state index in [-0.39, 0.29) is 53.9 Å². The predicted molar refractivity (Wildman–Crippen MR) is 174 cm³/mol. The topological polar surface area (TPSA) is 203 Å². The van der Waals surface area contributed by atoms with Crippen LogP contribution in [0.4, 0.5) is 0 Å². The number of rotatable bonds is 19. The zero-order valence-electron chi connectivity index (χ0n) is 27.8. The second kappa shape index (κ2) is 16.0. The van der Waals surface area contributed by atoms with Crippen LogP contribution in [0.3, 0.4) is 0 Å². The summed E-state index contributed by atoms with van der Waals surface area (Å²) in [5.74, 6) is 0.160. The number of nitroso groups, excluding NO2 is 1. The van der Waals surface area contributed by atoms with Crippen LogP contribution in [0.15, 0.2) is 10.3 Å². The minimum atomic E-state index is -3.24. The van der Waals surface area contributed by atoms with Crippen molar-refractivity contribution in [2.24, 2.45) is 39.2 Å². The van der Waals surface area contributed by atoms with Crippen LogP contribution in [-0.2, 0) is 28.9 Å². The van der Waals surface area contributed by atoms with Crippen molar-refractivity contribution in [1.29, 1.82) is 0 Å². The summed E-state index contributed by atoms with van der Waals surface area (Å²) in [6.07, 6.45) is 5.43. The Morgan fingerprint density at radius 3 is 2.47 bits per heavy atom. The quantitative estimate of drug-likeness (QED) is 0.0345. The van der Waals surface area contributed by atoms with Gasteiger partial charge in [0.2, 0.25) is 27.8 Å². The number of guanidine groups is 1. The summed E-state index contributed by atoms with van der Waals surface area (Å²) >= 11 is 0. The molecule has 0 unspecified atom stereocenters. The van der Waals surface area contributed by atoms with Crippen LogP contribution in [0.2, 0.25) is 0 Å². The molecule has 1 saturated heterocycles. The highest BCUT2D eigenvalue weighted by Crippen LogP contribution is 2.65. The first-order valence-corrected chi connectivity index (χ1v) is 18.1. The molecule has 4 aliphatic rings. The first-order valence-electron chi connectivity index (χ1n) is 16.4. The van der Waals surface area contributed by atoms with Crippen LogP contribution >= 0.6 is 0 Å². The number of nitrogens with zero attached hydrogens (tertiary/aromatic N) is 2. The Kier molecular flexibility index (Phi) is 13.2. The molecule has 4 fully saturated rings. The lowest BCUT2D eigenvalue weighted by atomic mass is 9.43. The Labute approximate surface area is 268 Å². The summed E-state index contributed by atoms with van der Waals surface area (Å²) in [4.78, 5) is 41.0. The smallest absolute Gasteiger partial charge is 0.404 e. The Balaban J connectivity index is 1.62. The number of nitrogens with two attached hydrogens (primary N) is 1. The fourth-order valence-electron chi connectivity index (χ4n) is 7.13. The predicted octanol–water partition coefficient (Wildman–Crippen LogP) is 2.14. The third-order valence-electron chi connectivity index (χ3n) is 9.88. The van der Waals surface area contributed by atoms with Gasteiger partial charge in [0.1, 0.15) is 6.04 Å². The van der Waals surface area contributed by atoms with Gasteiger partial charge >= 0.3 is 7.12 Å². The van der Waals surface area contributed by atoms with Crippen LogP contribution in [0, 0.1) is 28.1 Å². The fraction of sp³-hybridized carbons (Fsp3) is 0.897. The first kappa shape index (κ1) is 37.2. The fourth-order valence-corrected chi connectivity index (χ4v) is 7.79. The molecule has 2 amide bonds. The molecule has 0 spiro atoms. The van der Waals surface area contributed by atoms with Crippen molar-refractivity contribution in [2.75, 3.05) is 18.8 Å². The Morgan fingerprint density at radius 2 is 1.82 bits per heavy atom. The highest BCUT2D eigenvalue weighted by atomic mass is 32.2. The molecule has 1 aliphatic heterocycles. The molecule has 2 bridgehead atoms. The van der Waals surface area contributed by atoms with E-state index < -0.39 is 34.7 Å². The molecule has 3 aliphatic carbocycles. The minimum absolute atomic E-state index is 0.0172. The maximum atomic E-state index is 13.7. The molecule has 256 valence electrons. The van der Waals surface area contributed by atoms with Crippen molar-refractivity contribution in [1.82, 2.24) is 20.8 Å². The summed E-state index contributed by atoms with van der Waals surface area (Å²) in [5, 5.41) is 8.51. The van der Waals surface area contributed by atoms with Gasteiger partial charge in [-0.25, -0.2) is 18.6 Å². The van der Waals surface area contributed by atoms with E-state index in [0.29, 0.717) is 56.9 Å². The van der Waals surface area contributed by atoms with Gasteiger partial charge in [-0.3, -0.25) is 14.6 Å². The van der Waals surface area contributed by atoms with Crippen molar-refractivity contribution >= 4 is 34.9 Å². The van der Waals surface area contributed by atoms with E-state index in [1.54, 1.807) is 6.92 Å². The molecule has 3 saturated carbocycles. The standard InChI is InChI=1S/C29H54BN7O7S/c1-7-45(41,42)33-15-10-8-9-13-25(38)34-21(12-11-14-32-27(31)36-37-40)26(39)35-24(16-19(2)3)30-43-23-18-20-17-22(28(20,4)5)29(23,6)44-30/h19-24,33H,7-18H2,1-6H3,(H,34,38)(H,35,39)(H3,31,32,36,40)/t20-,21-,22-,23+,24-,29-/m0/s1. The molecule has 16 heteroatoms. The van der Waals surface area contributed by atoms with Crippen molar-refractivity contribution in [3.8, 4) is 0 Å². The van der Waals surface area contributed by atoms with E-state index in [4.69, 9.17) is 15.0 Å². The SMILES string of the molecule is CCS(=O)(=O)NCCCCCC(=O)N[C@@H](CCCN=C(N)NN=O)C(=O)N[C@@H](CC(C)C)B1O[C@@H]2C[C@@H]3C[C@@H](C3(C)C)[C@]2(C)O1. The molecular weight excluding hydrogens is 601 g/mol. The molecule has 6 atom stereocenters. The van der Waals surface area contributed by atoms with Crippen molar-refractivity contribution in [2.45, 2.75) is 123 Å². The molecular formula is C29H54BN7O7S. The van der Waals surface area contributed by atoms with E-state index in [0.717, 1.165) is 12.8 Å². The highest BCUT2D eigenvalue weighted by Gasteiger charge is 2.68. The third kappa shape index (κ3) is 9.85. The lowest BCUT2D eigenvalue weighted by Gasteiger charge is -2.64. The maximum Gasteiger partial charge on any atom is 0.481 e. The van der Waals surface area contributed by atoms with E-state index in [1.165, 1.54) is 0 Å². The molecule has 1 heterocycles. The first-order chi connectivity index (χ1) is 21.1. The Bertz CT molecular complexity index is 1170. The lowest BCUT2D eigenvalue weighted by molar-refractivity contribution is -0.199. The van der Waals surface area contributed by atoms with E-state index in [2.05, 4.69) is 60.3 Å². The monoisotopic (exact) mass is 655 g/mol. The van der Waals surface area contributed by atoms with Crippen LogP contribution < -0.4 is 26.5 Å². The number of nitrogens with one attached hydrogen (secondary N) is 4. The van der Waals surface area contributed by atoms with Gasteiger partial charge in [-0.05, 0) is 82.0 Å². The number of unbranched alkanes of at least 4 members (excludes halogenated alkanes) is 2. The highest BCUT2D eigenvalue weighted by molar-refractivity contribution is 7.89. The number of carbonyl (C=O) groups excluding carboxylic acids is 2. The number of sulfonamides is 1. The summed E-state index contributed by atoms with van der Waals surface area (Å²) in [6.45, 7) is 13.1. The molecule has 4 rings (SSSR count). The Hall–Kier alpha value is -2.30.